The predicted molar refractivity (Wildman–Crippen MR) is 101 cm³/mol. The SMILES string of the molecule is CCC(C)c1ccccc1NC(=O)CSCc1ccc(C#N)cc1. The van der Waals surface area contributed by atoms with Crippen LogP contribution < -0.4 is 5.32 Å². The van der Waals surface area contributed by atoms with Crippen LogP contribution in [-0.4, -0.2) is 11.7 Å². The first-order chi connectivity index (χ1) is 11.6. The van der Waals surface area contributed by atoms with E-state index >= 15 is 0 Å². The first kappa shape index (κ1) is 18.1. The molecule has 0 heterocycles. The molecule has 4 heteroatoms. The molecular weight excluding hydrogens is 316 g/mol. The van der Waals surface area contributed by atoms with E-state index in [1.54, 1.807) is 23.9 Å². The Morgan fingerprint density at radius 3 is 2.58 bits per heavy atom. The molecule has 0 fully saturated rings. The molecule has 2 aromatic carbocycles. The average molecular weight is 338 g/mol. The minimum absolute atomic E-state index is 0.0180. The molecule has 0 aliphatic heterocycles. The molecule has 0 aliphatic rings. The number of amides is 1. The highest BCUT2D eigenvalue weighted by Gasteiger charge is 2.11. The lowest BCUT2D eigenvalue weighted by Crippen LogP contribution is -2.16. The highest BCUT2D eigenvalue weighted by atomic mass is 32.2. The maximum Gasteiger partial charge on any atom is 0.234 e. The molecule has 0 bridgehead atoms. The fourth-order valence-electron chi connectivity index (χ4n) is 2.38. The van der Waals surface area contributed by atoms with Crippen LogP contribution in [0.5, 0.6) is 0 Å². The Labute approximate surface area is 148 Å². The summed E-state index contributed by atoms with van der Waals surface area (Å²) in [4.78, 5) is 12.2. The number of rotatable bonds is 7. The first-order valence-electron chi connectivity index (χ1n) is 8.09. The Hall–Kier alpha value is -2.25. The van der Waals surface area contributed by atoms with Crippen molar-refractivity contribution in [3.05, 3.63) is 65.2 Å². The molecule has 1 N–H and O–H groups in total. The van der Waals surface area contributed by atoms with Gasteiger partial charge >= 0.3 is 0 Å². The van der Waals surface area contributed by atoms with Gasteiger partial charge in [0.25, 0.3) is 0 Å². The summed E-state index contributed by atoms with van der Waals surface area (Å²) in [5.41, 5.74) is 3.87. The Balaban J connectivity index is 1.86. The molecule has 0 aliphatic carbocycles. The lowest BCUT2D eigenvalue weighted by molar-refractivity contribution is -0.113. The summed E-state index contributed by atoms with van der Waals surface area (Å²) >= 11 is 1.57. The quantitative estimate of drug-likeness (QED) is 0.777. The molecule has 0 aromatic heterocycles. The van der Waals surface area contributed by atoms with Gasteiger partial charge in [0.2, 0.25) is 5.91 Å². The Bertz CT molecular complexity index is 719. The Kier molecular flexibility index (Phi) is 6.89. The van der Waals surface area contributed by atoms with Gasteiger partial charge in [-0.15, -0.1) is 11.8 Å². The van der Waals surface area contributed by atoms with Crippen LogP contribution in [0, 0.1) is 11.3 Å². The smallest absolute Gasteiger partial charge is 0.234 e. The molecule has 0 saturated heterocycles. The molecule has 3 nitrogen and oxygen atoms in total. The van der Waals surface area contributed by atoms with Crippen molar-refractivity contribution in [1.29, 1.82) is 5.26 Å². The third kappa shape index (κ3) is 5.14. The van der Waals surface area contributed by atoms with Crippen LogP contribution in [0.15, 0.2) is 48.5 Å². The average Bonchev–Trinajstić information content (AvgIpc) is 2.62. The Morgan fingerprint density at radius 2 is 1.92 bits per heavy atom. The molecule has 0 radical (unpaired) electrons. The zero-order valence-electron chi connectivity index (χ0n) is 14.1. The number of para-hydroxylation sites is 1. The van der Waals surface area contributed by atoms with Gasteiger partial charge in [-0.05, 0) is 41.7 Å². The maximum absolute atomic E-state index is 12.2. The van der Waals surface area contributed by atoms with Gasteiger partial charge in [0.15, 0.2) is 0 Å². The van der Waals surface area contributed by atoms with Gasteiger partial charge < -0.3 is 5.32 Å². The number of carbonyl (C=O) groups is 1. The lowest BCUT2D eigenvalue weighted by Gasteiger charge is -2.15. The first-order valence-corrected chi connectivity index (χ1v) is 9.25. The van der Waals surface area contributed by atoms with Crippen LogP contribution in [0.3, 0.4) is 0 Å². The minimum Gasteiger partial charge on any atom is -0.325 e. The molecule has 1 atom stereocenters. The van der Waals surface area contributed by atoms with Gasteiger partial charge in [0.05, 0.1) is 17.4 Å². The van der Waals surface area contributed by atoms with E-state index in [1.165, 1.54) is 5.56 Å². The number of nitrogens with one attached hydrogen (secondary N) is 1. The topological polar surface area (TPSA) is 52.9 Å². The molecule has 124 valence electrons. The number of hydrogen-bond acceptors (Lipinski definition) is 3. The van der Waals surface area contributed by atoms with Crippen molar-refractivity contribution in [3.63, 3.8) is 0 Å². The number of nitriles is 1. The van der Waals surface area contributed by atoms with E-state index in [0.717, 1.165) is 23.4 Å². The summed E-state index contributed by atoms with van der Waals surface area (Å²) in [6.45, 7) is 4.32. The highest BCUT2D eigenvalue weighted by molar-refractivity contribution is 7.99. The van der Waals surface area contributed by atoms with Gasteiger partial charge in [-0.3, -0.25) is 4.79 Å². The second-order valence-electron chi connectivity index (χ2n) is 5.75. The molecular formula is C20H22N2OS. The van der Waals surface area contributed by atoms with Crippen molar-refractivity contribution in [2.75, 3.05) is 11.1 Å². The molecule has 1 amide bonds. The van der Waals surface area contributed by atoms with Crippen LogP contribution in [0.4, 0.5) is 5.69 Å². The summed E-state index contributed by atoms with van der Waals surface area (Å²) in [6.07, 6.45) is 1.04. The van der Waals surface area contributed by atoms with E-state index in [9.17, 15) is 4.79 Å². The van der Waals surface area contributed by atoms with Gasteiger partial charge in [-0.25, -0.2) is 0 Å². The van der Waals surface area contributed by atoms with E-state index in [-0.39, 0.29) is 5.91 Å². The van der Waals surface area contributed by atoms with Crippen molar-refractivity contribution in [2.45, 2.75) is 31.9 Å². The fraction of sp³-hybridized carbons (Fsp3) is 0.300. The van der Waals surface area contributed by atoms with Crippen LogP contribution in [0.2, 0.25) is 0 Å². The summed E-state index contributed by atoms with van der Waals surface area (Å²) in [5.74, 6) is 1.61. The normalized spacial score (nSPS) is 11.5. The van der Waals surface area contributed by atoms with Crippen LogP contribution in [0.1, 0.15) is 42.9 Å². The molecule has 0 saturated carbocycles. The van der Waals surface area contributed by atoms with Crippen molar-refractivity contribution >= 4 is 23.4 Å². The van der Waals surface area contributed by atoms with Crippen LogP contribution >= 0.6 is 11.8 Å². The van der Waals surface area contributed by atoms with Gasteiger partial charge in [-0.1, -0.05) is 44.2 Å². The largest absolute Gasteiger partial charge is 0.325 e. The standard InChI is InChI=1S/C20H22N2OS/c1-3-15(2)18-6-4-5-7-19(18)22-20(23)14-24-13-17-10-8-16(12-21)9-11-17/h4-11,15H,3,13-14H2,1-2H3,(H,22,23). The van der Waals surface area contributed by atoms with E-state index in [1.807, 2.05) is 30.3 Å². The van der Waals surface area contributed by atoms with E-state index in [0.29, 0.717) is 17.2 Å². The maximum atomic E-state index is 12.2. The summed E-state index contributed by atoms with van der Waals surface area (Å²) in [6, 6.07) is 17.6. The van der Waals surface area contributed by atoms with Crippen molar-refractivity contribution in [3.8, 4) is 6.07 Å². The van der Waals surface area contributed by atoms with Crippen LogP contribution in [-0.2, 0) is 10.5 Å². The van der Waals surface area contributed by atoms with Gasteiger partial charge in [-0.2, -0.15) is 5.26 Å². The molecule has 1 unspecified atom stereocenters. The number of thioether (sulfide) groups is 1. The minimum atomic E-state index is 0.0180. The van der Waals surface area contributed by atoms with Crippen molar-refractivity contribution in [2.24, 2.45) is 0 Å². The molecule has 2 aromatic rings. The number of anilines is 1. The van der Waals surface area contributed by atoms with E-state index in [2.05, 4.69) is 31.3 Å². The predicted octanol–water partition coefficient (Wildman–Crippen LogP) is 4.94. The molecule has 0 spiro atoms. The summed E-state index contributed by atoms with van der Waals surface area (Å²) in [5, 5.41) is 11.8. The van der Waals surface area contributed by atoms with Gasteiger partial charge in [0, 0.05) is 11.4 Å². The summed E-state index contributed by atoms with van der Waals surface area (Å²) in [7, 11) is 0. The number of benzene rings is 2. The second kappa shape index (κ2) is 9.14. The third-order valence-electron chi connectivity index (χ3n) is 3.96. The second-order valence-corrected chi connectivity index (χ2v) is 6.73. The van der Waals surface area contributed by atoms with Crippen LogP contribution in [0.25, 0.3) is 0 Å². The molecule has 2 rings (SSSR count). The number of nitrogens with zero attached hydrogens (tertiary/aromatic N) is 1. The third-order valence-corrected chi connectivity index (χ3v) is 4.97. The van der Waals surface area contributed by atoms with E-state index in [4.69, 9.17) is 5.26 Å². The van der Waals surface area contributed by atoms with Crippen molar-refractivity contribution < 1.29 is 4.79 Å². The highest BCUT2D eigenvalue weighted by Crippen LogP contribution is 2.26. The number of carbonyl (C=O) groups excluding carboxylic acids is 1. The van der Waals surface area contributed by atoms with Gasteiger partial charge in [0.1, 0.15) is 0 Å². The lowest BCUT2D eigenvalue weighted by atomic mass is 9.97. The number of hydrogen-bond donors (Lipinski definition) is 1. The zero-order chi connectivity index (χ0) is 17.4. The zero-order valence-corrected chi connectivity index (χ0v) is 14.9. The van der Waals surface area contributed by atoms with E-state index < -0.39 is 0 Å². The van der Waals surface area contributed by atoms with Crippen molar-refractivity contribution in [1.82, 2.24) is 0 Å². The Morgan fingerprint density at radius 1 is 1.21 bits per heavy atom. The monoisotopic (exact) mass is 338 g/mol. The fourth-order valence-corrected chi connectivity index (χ4v) is 3.17. The summed E-state index contributed by atoms with van der Waals surface area (Å²) < 4.78 is 0. The molecule has 24 heavy (non-hydrogen) atoms.